The van der Waals surface area contributed by atoms with E-state index in [-0.39, 0.29) is 0 Å². The van der Waals surface area contributed by atoms with Crippen LogP contribution in [0.1, 0.15) is 22.3 Å². The Morgan fingerprint density at radius 1 is 1.00 bits per heavy atom. The molecule has 0 fully saturated rings. The van der Waals surface area contributed by atoms with Crippen LogP contribution in [-0.4, -0.2) is 0 Å². The predicted molar refractivity (Wildman–Crippen MR) is 118 cm³/mol. The van der Waals surface area contributed by atoms with E-state index in [0.717, 1.165) is 21.3 Å². The molecule has 0 bridgehead atoms. The van der Waals surface area contributed by atoms with E-state index < -0.39 is 0 Å². The van der Waals surface area contributed by atoms with Crippen molar-refractivity contribution in [3.05, 3.63) is 91.4 Å². The Kier molecular flexibility index (Phi) is 6.69. The first-order chi connectivity index (χ1) is 12.9. The van der Waals surface area contributed by atoms with E-state index in [9.17, 15) is 0 Å². The van der Waals surface area contributed by atoms with Crippen LogP contribution in [0.2, 0.25) is 10.0 Å². The Balaban J connectivity index is 1.79. The molecule has 140 valence electrons. The van der Waals surface area contributed by atoms with Gasteiger partial charge in [-0.25, -0.2) is 0 Å². The summed E-state index contributed by atoms with van der Waals surface area (Å²) in [7, 11) is 0. The summed E-state index contributed by atoms with van der Waals surface area (Å²) in [5, 5.41) is 4.57. The monoisotopic (exact) mass is 463 g/mol. The van der Waals surface area contributed by atoms with E-state index in [1.54, 1.807) is 6.07 Å². The van der Waals surface area contributed by atoms with Gasteiger partial charge in [-0.1, -0.05) is 63.4 Å². The van der Waals surface area contributed by atoms with E-state index in [1.807, 2.05) is 36.4 Å². The number of hydrogen-bond acceptors (Lipinski definition) is 2. The summed E-state index contributed by atoms with van der Waals surface area (Å²) in [4.78, 5) is 0. The number of benzene rings is 3. The van der Waals surface area contributed by atoms with Gasteiger partial charge in [-0.05, 0) is 60.9 Å². The molecule has 2 nitrogen and oxygen atoms in total. The highest BCUT2D eigenvalue weighted by molar-refractivity contribution is 9.10. The molecular weight excluding hydrogens is 445 g/mol. The molecule has 0 unspecified atom stereocenters. The summed E-state index contributed by atoms with van der Waals surface area (Å²) in [5.74, 6) is 0.654. The third-order valence-electron chi connectivity index (χ3n) is 4.46. The fourth-order valence-electron chi connectivity index (χ4n) is 2.78. The Bertz CT molecular complexity index is 942. The van der Waals surface area contributed by atoms with Gasteiger partial charge in [-0.15, -0.1) is 0 Å². The number of rotatable bonds is 6. The summed E-state index contributed by atoms with van der Waals surface area (Å²) in [6.45, 7) is 5.21. The Morgan fingerprint density at radius 2 is 1.74 bits per heavy atom. The first-order valence-corrected chi connectivity index (χ1v) is 10.1. The molecule has 0 amide bonds. The minimum absolute atomic E-state index is 0.436. The molecule has 0 saturated carbocycles. The lowest BCUT2D eigenvalue weighted by molar-refractivity contribution is 0.303. The molecule has 0 spiro atoms. The predicted octanol–water partition coefficient (Wildman–Crippen LogP) is 7.56. The van der Waals surface area contributed by atoms with Crippen LogP contribution in [0, 0.1) is 13.8 Å². The van der Waals surface area contributed by atoms with Crippen LogP contribution < -0.4 is 10.1 Å². The van der Waals surface area contributed by atoms with Crippen LogP contribution in [-0.2, 0) is 13.2 Å². The second-order valence-corrected chi connectivity index (χ2v) is 8.15. The van der Waals surface area contributed by atoms with Crippen molar-refractivity contribution in [3.63, 3.8) is 0 Å². The van der Waals surface area contributed by atoms with Gasteiger partial charge < -0.3 is 10.1 Å². The molecule has 0 aliphatic rings. The van der Waals surface area contributed by atoms with Crippen molar-refractivity contribution in [2.45, 2.75) is 27.0 Å². The van der Waals surface area contributed by atoms with Crippen LogP contribution in [0.15, 0.2) is 59.1 Å². The largest absolute Gasteiger partial charge is 0.487 e. The SMILES string of the molecule is Cc1cccc(NCc2cc(Cl)cc(Cl)c2OCc2ccc(Br)cc2)c1C. The molecule has 3 aromatic rings. The number of halogens is 3. The maximum absolute atomic E-state index is 6.42. The number of hydrogen-bond donors (Lipinski definition) is 1. The van der Waals surface area contributed by atoms with Crippen molar-refractivity contribution < 1.29 is 4.74 Å². The number of nitrogens with one attached hydrogen (secondary N) is 1. The molecule has 0 atom stereocenters. The minimum atomic E-state index is 0.436. The lowest BCUT2D eigenvalue weighted by Gasteiger charge is -2.16. The van der Waals surface area contributed by atoms with E-state index in [4.69, 9.17) is 27.9 Å². The summed E-state index contributed by atoms with van der Waals surface area (Å²) < 4.78 is 7.08. The zero-order valence-corrected chi connectivity index (χ0v) is 18.3. The first kappa shape index (κ1) is 20.1. The van der Waals surface area contributed by atoms with Gasteiger partial charge in [0.25, 0.3) is 0 Å². The fourth-order valence-corrected chi connectivity index (χ4v) is 3.63. The van der Waals surface area contributed by atoms with Gasteiger partial charge in [0.2, 0.25) is 0 Å². The summed E-state index contributed by atoms with van der Waals surface area (Å²) in [5.41, 5.74) is 5.55. The lowest BCUT2D eigenvalue weighted by Crippen LogP contribution is -2.05. The van der Waals surface area contributed by atoms with Crippen LogP contribution in [0.25, 0.3) is 0 Å². The molecule has 0 aliphatic carbocycles. The third kappa shape index (κ3) is 5.19. The summed E-state index contributed by atoms with van der Waals surface area (Å²) in [6.07, 6.45) is 0. The molecule has 0 aliphatic heterocycles. The van der Waals surface area contributed by atoms with Gasteiger partial charge in [0.15, 0.2) is 0 Å². The van der Waals surface area contributed by atoms with Gasteiger partial charge in [0, 0.05) is 27.3 Å². The number of aryl methyl sites for hydroxylation is 1. The minimum Gasteiger partial charge on any atom is -0.487 e. The van der Waals surface area contributed by atoms with Gasteiger partial charge >= 0.3 is 0 Å². The number of ether oxygens (including phenoxy) is 1. The molecule has 0 saturated heterocycles. The van der Waals surface area contributed by atoms with E-state index in [0.29, 0.717) is 28.9 Å². The highest BCUT2D eigenvalue weighted by atomic mass is 79.9. The second-order valence-electron chi connectivity index (χ2n) is 6.39. The third-order valence-corrected chi connectivity index (χ3v) is 5.48. The smallest absolute Gasteiger partial charge is 0.143 e. The van der Waals surface area contributed by atoms with Gasteiger partial charge in [-0.3, -0.25) is 0 Å². The van der Waals surface area contributed by atoms with Crippen molar-refractivity contribution in [1.29, 1.82) is 0 Å². The lowest BCUT2D eigenvalue weighted by atomic mass is 10.1. The maximum atomic E-state index is 6.42. The Hall–Kier alpha value is -1.68. The average Bonchev–Trinajstić information content (AvgIpc) is 2.63. The van der Waals surface area contributed by atoms with E-state index in [1.165, 1.54) is 11.1 Å². The Morgan fingerprint density at radius 3 is 2.48 bits per heavy atom. The van der Waals surface area contributed by atoms with Crippen molar-refractivity contribution >= 4 is 44.8 Å². The van der Waals surface area contributed by atoms with Crippen LogP contribution >= 0.6 is 39.1 Å². The first-order valence-electron chi connectivity index (χ1n) is 8.59. The second kappa shape index (κ2) is 9.01. The van der Waals surface area contributed by atoms with Gasteiger partial charge in [0.05, 0.1) is 5.02 Å². The van der Waals surface area contributed by atoms with Crippen LogP contribution in [0.5, 0.6) is 5.75 Å². The number of anilines is 1. The molecule has 3 aromatic carbocycles. The van der Waals surface area contributed by atoms with Crippen molar-refractivity contribution in [2.24, 2.45) is 0 Å². The van der Waals surface area contributed by atoms with Crippen molar-refractivity contribution in [1.82, 2.24) is 0 Å². The fraction of sp³-hybridized carbons (Fsp3) is 0.182. The van der Waals surface area contributed by atoms with Gasteiger partial charge in [-0.2, -0.15) is 0 Å². The molecule has 27 heavy (non-hydrogen) atoms. The summed E-state index contributed by atoms with van der Waals surface area (Å²) in [6, 6.07) is 17.8. The standard InChI is InChI=1S/C22H20BrCl2NO/c1-14-4-3-5-21(15(14)2)26-12-17-10-19(24)11-20(25)22(17)27-13-16-6-8-18(23)9-7-16/h3-11,26H,12-13H2,1-2H3. The van der Waals surface area contributed by atoms with Gasteiger partial charge in [0.1, 0.15) is 12.4 Å². The van der Waals surface area contributed by atoms with Crippen LogP contribution in [0.3, 0.4) is 0 Å². The Labute approximate surface area is 178 Å². The zero-order chi connectivity index (χ0) is 19.4. The van der Waals surface area contributed by atoms with Crippen molar-refractivity contribution in [3.8, 4) is 5.75 Å². The molecule has 1 N–H and O–H groups in total. The summed E-state index contributed by atoms with van der Waals surface area (Å²) >= 11 is 16.1. The molecule has 3 rings (SSSR count). The highest BCUT2D eigenvalue weighted by Gasteiger charge is 2.12. The van der Waals surface area contributed by atoms with Crippen molar-refractivity contribution in [2.75, 3.05) is 5.32 Å². The zero-order valence-electron chi connectivity index (χ0n) is 15.2. The maximum Gasteiger partial charge on any atom is 0.143 e. The van der Waals surface area contributed by atoms with E-state index in [2.05, 4.69) is 47.2 Å². The van der Waals surface area contributed by atoms with Crippen LogP contribution in [0.4, 0.5) is 5.69 Å². The topological polar surface area (TPSA) is 21.3 Å². The molecule has 0 aromatic heterocycles. The molecular formula is C22H20BrCl2NO. The van der Waals surface area contributed by atoms with E-state index >= 15 is 0 Å². The average molecular weight is 465 g/mol. The quantitative estimate of drug-likeness (QED) is 0.406. The normalized spacial score (nSPS) is 10.7. The molecule has 0 heterocycles. The molecule has 5 heteroatoms. The highest BCUT2D eigenvalue weighted by Crippen LogP contribution is 2.34. The molecule has 0 radical (unpaired) electrons.